The van der Waals surface area contributed by atoms with E-state index in [0.29, 0.717) is 17.3 Å². The first kappa shape index (κ1) is 19.7. The Bertz CT molecular complexity index is 579. The fraction of sp³-hybridized carbons (Fsp3) is 0.529. The molecule has 7 nitrogen and oxygen atoms in total. The predicted octanol–water partition coefficient (Wildman–Crippen LogP) is 1.43. The summed E-state index contributed by atoms with van der Waals surface area (Å²) in [7, 11) is 0. The average Bonchev–Trinajstić information content (AvgIpc) is 2.60. The fourth-order valence-corrected chi connectivity index (χ4v) is 2.78. The first-order valence-corrected chi connectivity index (χ1v) is 8.74. The third-order valence-corrected chi connectivity index (χ3v) is 4.31. The van der Waals surface area contributed by atoms with Crippen molar-refractivity contribution in [1.82, 2.24) is 10.2 Å². The van der Waals surface area contributed by atoms with Crippen LogP contribution in [0.25, 0.3) is 0 Å². The lowest BCUT2D eigenvalue weighted by Crippen LogP contribution is -2.42. The normalized spacial score (nSPS) is 16.4. The Morgan fingerprint density at radius 2 is 2.00 bits per heavy atom. The van der Waals surface area contributed by atoms with Gasteiger partial charge in [0.1, 0.15) is 6.04 Å². The van der Waals surface area contributed by atoms with Gasteiger partial charge in [0, 0.05) is 13.1 Å². The molecule has 8 heteroatoms. The van der Waals surface area contributed by atoms with Gasteiger partial charge in [-0.05, 0) is 31.6 Å². The van der Waals surface area contributed by atoms with Gasteiger partial charge >= 0.3 is 5.97 Å². The van der Waals surface area contributed by atoms with Crippen LogP contribution in [0.3, 0.4) is 0 Å². The Labute approximate surface area is 152 Å². The molecule has 0 radical (unpaired) electrons. The maximum Gasteiger partial charge on any atom is 0.321 e. The minimum absolute atomic E-state index is 0.155. The third-order valence-electron chi connectivity index (χ3n) is 3.98. The number of carboxylic acid groups (broad SMARTS) is 1. The van der Waals surface area contributed by atoms with Gasteiger partial charge in [-0.2, -0.15) is 0 Å². The molecule has 1 aliphatic heterocycles. The number of hydrogen-bond acceptors (Lipinski definition) is 5. The molecule has 0 bridgehead atoms. The summed E-state index contributed by atoms with van der Waals surface area (Å²) in [6, 6.07) is 5.92. The zero-order valence-electron chi connectivity index (χ0n) is 14.0. The highest BCUT2D eigenvalue weighted by molar-refractivity contribution is 6.33. The molecule has 2 rings (SSSR count). The van der Waals surface area contributed by atoms with E-state index in [1.807, 2.05) is 0 Å². The second-order valence-electron chi connectivity index (χ2n) is 5.88. The van der Waals surface area contributed by atoms with E-state index in [2.05, 4.69) is 15.5 Å². The monoisotopic (exact) mass is 369 g/mol. The summed E-state index contributed by atoms with van der Waals surface area (Å²) in [5, 5.41) is 15.3. The van der Waals surface area contributed by atoms with Crippen molar-refractivity contribution in [1.29, 1.82) is 0 Å². The van der Waals surface area contributed by atoms with Crippen LogP contribution in [0.2, 0.25) is 5.02 Å². The van der Waals surface area contributed by atoms with Crippen LogP contribution in [0.15, 0.2) is 24.3 Å². The molecule has 0 unspecified atom stereocenters. The number of amides is 1. The Balaban J connectivity index is 1.73. The van der Waals surface area contributed by atoms with Crippen LogP contribution in [0.4, 0.5) is 5.69 Å². The van der Waals surface area contributed by atoms with Crippen molar-refractivity contribution < 1.29 is 19.4 Å². The highest BCUT2D eigenvalue weighted by atomic mass is 35.5. The van der Waals surface area contributed by atoms with Gasteiger partial charge in [0.05, 0.1) is 30.3 Å². The van der Waals surface area contributed by atoms with Gasteiger partial charge in [0.15, 0.2) is 0 Å². The second kappa shape index (κ2) is 10.4. The highest BCUT2D eigenvalue weighted by Gasteiger charge is 2.21. The number of benzene rings is 1. The van der Waals surface area contributed by atoms with E-state index >= 15 is 0 Å². The quantitative estimate of drug-likeness (QED) is 0.570. The molecule has 138 valence electrons. The number of morpholine rings is 1. The number of hydrogen-bond donors (Lipinski definition) is 3. The first-order chi connectivity index (χ1) is 12.1. The van der Waals surface area contributed by atoms with Crippen molar-refractivity contribution in [2.24, 2.45) is 0 Å². The van der Waals surface area contributed by atoms with Gasteiger partial charge in [0.25, 0.3) is 0 Å². The maximum atomic E-state index is 12.1. The molecule has 1 fully saturated rings. The fourth-order valence-electron chi connectivity index (χ4n) is 2.60. The predicted molar refractivity (Wildman–Crippen MR) is 96.0 cm³/mol. The van der Waals surface area contributed by atoms with Crippen LogP contribution >= 0.6 is 11.6 Å². The molecule has 0 aliphatic carbocycles. The SMILES string of the molecule is O=C(C[C@H](NCCCN1CCOCC1)C(=O)O)Nc1ccccc1Cl. The van der Waals surface area contributed by atoms with Gasteiger partial charge in [-0.1, -0.05) is 23.7 Å². The number of ether oxygens (including phenoxy) is 1. The minimum atomic E-state index is -1.04. The molecule has 1 aromatic rings. The molecule has 1 aliphatic rings. The van der Waals surface area contributed by atoms with Gasteiger partial charge in [-0.3, -0.25) is 14.5 Å². The van der Waals surface area contributed by atoms with E-state index in [0.717, 1.165) is 39.3 Å². The number of carbonyl (C=O) groups is 2. The molecule has 1 aromatic carbocycles. The number of aliphatic carboxylic acids is 1. The third kappa shape index (κ3) is 6.99. The molecule has 1 saturated heterocycles. The Hall–Kier alpha value is -1.67. The first-order valence-electron chi connectivity index (χ1n) is 8.37. The number of nitrogens with one attached hydrogen (secondary N) is 2. The van der Waals surface area contributed by atoms with Crippen molar-refractivity contribution >= 4 is 29.2 Å². The van der Waals surface area contributed by atoms with E-state index in [1.54, 1.807) is 24.3 Å². The largest absolute Gasteiger partial charge is 0.480 e. The molecule has 1 atom stereocenters. The molecular weight excluding hydrogens is 346 g/mol. The molecule has 0 aromatic heterocycles. The summed E-state index contributed by atoms with van der Waals surface area (Å²) in [4.78, 5) is 25.7. The lowest BCUT2D eigenvalue weighted by Gasteiger charge is -2.26. The van der Waals surface area contributed by atoms with Crippen molar-refractivity contribution in [2.75, 3.05) is 44.7 Å². The number of nitrogens with zero attached hydrogens (tertiary/aromatic N) is 1. The molecule has 1 heterocycles. The standard InChI is InChI=1S/C17H24ClN3O4/c18-13-4-1-2-5-14(13)20-16(22)12-15(17(23)24)19-6-3-7-21-8-10-25-11-9-21/h1-2,4-5,15,19H,3,6-12H2,(H,20,22)(H,23,24)/t15-/m0/s1. The Morgan fingerprint density at radius 1 is 1.28 bits per heavy atom. The Morgan fingerprint density at radius 3 is 2.68 bits per heavy atom. The van der Waals surface area contributed by atoms with E-state index in [-0.39, 0.29) is 12.3 Å². The number of halogens is 1. The minimum Gasteiger partial charge on any atom is -0.480 e. The molecule has 25 heavy (non-hydrogen) atoms. The number of carbonyl (C=O) groups excluding carboxylic acids is 1. The number of rotatable bonds is 9. The summed E-state index contributed by atoms with van der Waals surface area (Å²) in [6.45, 7) is 4.72. The van der Waals surface area contributed by atoms with Crippen molar-refractivity contribution in [3.8, 4) is 0 Å². The van der Waals surface area contributed by atoms with Crippen LogP contribution in [-0.4, -0.2) is 67.3 Å². The second-order valence-corrected chi connectivity index (χ2v) is 6.29. The summed E-state index contributed by atoms with van der Waals surface area (Å²) >= 11 is 5.98. The molecule has 0 spiro atoms. The number of para-hydroxylation sites is 1. The topological polar surface area (TPSA) is 90.9 Å². The zero-order chi connectivity index (χ0) is 18.1. The van der Waals surface area contributed by atoms with Crippen molar-refractivity contribution in [3.63, 3.8) is 0 Å². The van der Waals surface area contributed by atoms with Crippen LogP contribution < -0.4 is 10.6 Å². The number of anilines is 1. The van der Waals surface area contributed by atoms with Crippen molar-refractivity contribution in [2.45, 2.75) is 18.9 Å². The maximum absolute atomic E-state index is 12.1. The van der Waals surface area contributed by atoms with Gasteiger partial charge in [0.2, 0.25) is 5.91 Å². The summed E-state index contributed by atoms with van der Waals surface area (Å²) in [5.41, 5.74) is 0.477. The summed E-state index contributed by atoms with van der Waals surface area (Å²) in [6.07, 6.45) is 0.661. The lowest BCUT2D eigenvalue weighted by atomic mass is 10.2. The smallest absolute Gasteiger partial charge is 0.321 e. The van der Waals surface area contributed by atoms with Crippen LogP contribution in [0, 0.1) is 0 Å². The Kier molecular flexibility index (Phi) is 8.14. The molecular formula is C17H24ClN3O4. The number of carboxylic acids is 1. The van der Waals surface area contributed by atoms with Gasteiger partial charge in [-0.15, -0.1) is 0 Å². The van der Waals surface area contributed by atoms with E-state index in [1.165, 1.54) is 0 Å². The molecule has 1 amide bonds. The molecule has 0 saturated carbocycles. The molecule has 3 N–H and O–H groups in total. The highest BCUT2D eigenvalue weighted by Crippen LogP contribution is 2.20. The van der Waals surface area contributed by atoms with Gasteiger partial charge in [-0.25, -0.2) is 0 Å². The van der Waals surface area contributed by atoms with E-state index in [4.69, 9.17) is 16.3 Å². The average molecular weight is 370 g/mol. The van der Waals surface area contributed by atoms with Crippen LogP contribution in [0.1, 0.15) is 12.8 Å². The lowest BCUT2D eigenvalue weighted by molar-refractivity contribution is -0.141. The summed E-state index contributed by atoms with van der Waals surface area (Å²) in [5.74, 6) is -1.43. The van der Waals surface area contributed by atoms with Crippen molar-refractivity contribution in [3.05, 3.63) is 29.3 Å². The van der Waals surface area contributed by atoms with Crippen LogP contribution in [0.5, 0.6) is 0 Å². The van der Waals surface area contributed by atoms with E-state index in [9.17, 15) is 14.7 Å². The van der Waals surface area contributed by atoms with Crippen LogP contribution in [-0.2, 0) is 14.3 Å². The zero-order valence-corrected chi connectivity index (χ0v) is 14.8. The van der Waals surface area contributed by atoms with E-state index < -0.39 is 12.0 Å². The van der Waals surface area contributed by atoms with Gasteiger partial charge < -0.3 is 20.5 Å². The summed E-state index contributed by atoms with van der Waals surface area (Å²) < 4.78 is 5.29.